The van der Waals surface area contributed by atoms with E-state index in [0.717, 1.165) is 4.47 Å². The third-order valence-corrected chi connectivity index (χ3v) is 2.85. The lowest BCUT2D eigenvalue weighted by Crippen LogP contribution is -2.15. The molecule has 94 valence electrons. The Morgan fingerprint density at radius 1 is 1.56 bits per heavy atom. The molecule has 0 fully saturated rings. The number of pyridine rings is 1. The number of hydrogen-bond acceptors (Lipinski definition) is 4. The summed E-state index contributed by atoms with van der Waals surface area (Å²) in [4.78, 5) is 15.6. The van der Waals surface area contributed by atoms with Crippen LogP contribution in [0, 0.1) is 0 Å². The Balaban J connectivity index is 1.92. The lowest BCUT2D eigenvalue weighted by molar-refractivity contribution is -0.116. The van der Waals surface area contributed by atoms with Crippen molar-refractivity contribution in [2.75, 3.05) is 5.32 Å². The molecule has 2 aromatic rings. The van der Waals surface area contributed by atoms with Crippen LogP contribution in [0.2, 0.25) is 5.15 Å². The van der Waals surface area contributed by atoms with E-state index in [9.17, 15) is 4.79 Å². The number of amides is 1. The molecular formula is C10H9BrClN5O. The smallest absolute Gasteiger partial charge is 0.226 e. The van der Waals surface area contributed by atoms with E-state index in [-0.39, 0.29) is 17.5 Å². The largest absolute Gasteiger partial charge is 0.323 e. The van der Waals surface area contributed by atoms with Gasteiger partial charge in [-0.15, -0.1) is 5.10 Å². The number of hydrogen-bond donors (Lipinski definition) is 1. The Kier molecular flexibility index (Phi) is 4.27. The second-order valence-electron chi connectivity index (χ2n) is 3.46. The SMILES string of the molecule is O=C(CCn1ccnn1)Nc1cc(Br)cnc1Cl. The van der Waals surface area contributed by atoms with E-state index in [4.69, 9.17) is 11.6 Å². The third-order valence-electron chi connectivity index (χ3n) is 2.12. The average Bonchev–Trinajstić information content (AvgIpc) is 2.84. The summed E-state index contributed by atoms with van der Waals surface area (Å²) in [6.07, 6.45) is 5.10. The van der Waals surface area contributed by atoms with Crippen LogP contribution in [0.15, 0.2) is 29.1 Å². The molecule has 0 unspecified atom stereocenters. The number of nitrogens with one attached hydrogen (secondary N) is 1. The van der Waals surface area contributed by atoms with Gasteiger partial charge in [-0.2, -0.15) is 0 Å². The van der Waals surface area contributed by atoms with E-state index in [0.29, 0.717) is 12.2 Å². The van der Waals surface area contributed by atoms with Crippen molar-refractivity contribution in [2.45, 2.75) is 13.0 Å². The van der Waals surface area contributed by atoms with E-state index in [1.165, 1.54) is 0 Å². The van der Waals surface area contributed by atoms with Gasteiger partial charge in [0.2, 0.25) is 5.91 Å². The first-order valence-corrected chi connectivity index (χ1v) is 6.27. The van der Waals surface area contributed by atoms with Crippen LogP contribution < -0.4 is 5.32 Å². The second-order valence-corrected chi connectivity index (χ2v) is 4.73. The van der Waals surface area contributed by atoms with Crippen LogP contribution in [0.3, 0.4) is 0 Å². The molecule has 0 atom stereocenters. The van der Waals surface area contributed by atoms with Crippen molar-refractivity contribution in [1.82, 2.24) is 20.0 Å². The Morgan fingerprint density at radius 3 is 3.11 bits per heavy atom. The van der Waals surface area contributed by atoms with Gasteiger partial charge in [-0.3, -0.25) is 9.48 Å². The van der Waals surface area contributed by atoms with Crippen molar-refractivity contribution >= 4 is 39.1 Å². The number of aryl methyl sites for hydroxylation is 1. The zero-order chi connectivity index (χ0) is 13.0. The van der Waals surface area contributed by atoms with Gasteiger partial charge in [0.15, 0.2) is 5.15 Å². The molecule has 18 heavy (non-hydrogen) atoms. The number of anilines is 1. The Bertz CT molecular complexity index is 545. The minimum absolute atomic E-state index is 0.160. The molecule has 0 spiro atoms. The summed E-state index contributed by atoms with van der Waals surface area (Å²) < 4.78 is 2.33. The minimum atomic E-state index is -0.160. The Hall–Kier alpha value is -1.47. The van der Waals surface area contributed by atoms with Crippen LogP contribution in [-0.2, 0) is 11.3 Å². The van der Waals surface area contributed by atoms with Crippen molar-refractivity contribution in [3.8, 4) is 0 Å². The molecule has 2 heterocycles. The first-order chi connectivity index (χ1) is 8.65. The predicted octanol–water partition coefficient (Wildman–Crippen LogP) is 2.12. The number of carbonyl (C=O) groups is 1. The van der Waals surface area contributed by atoms with Crippen LogP contribution in [0.25, 0.3) is 0 Å². The van der Waals surface area contributed by atoms with Crippen molar-refractivity contribution < 1.29 is 4.79 Å². The third kappa shape index (κ3) is 3.51. The van der Waals surface area contributed by atoms with Gasteiger partial charge in [0.1, 0.15) is 0 Å². The molecule has 6 nitrogen and oxygen atoms in total. The fourth-order valence-corrected chi connectivity index (χ4v) is 1.77. The highest BCUT2D eigenvalue weighted by Crippen LogP contribution is 2.22. The maximum Gasteiger partial charge on any atom is 0.226 e. The van der Waals surface area contributed by atoms with Crippen LogP contribution in [0.5, 0.6) is 0 Å². The molecule has 0 radical (unpaired) electrons. The number of rotatable bonds is 4. The van der Waals surface area contributed by atoms with E-state index in [1.807, 2.05) is 0 Å². The lowest BCUT2D eigenvalue weighted by atomic mass is 10.3. The topological polar surface area (TPSA) is 72.7 Å². The van der Waals surface area contributed by atoms with Crippen LogP contribution in [-0.4, -0.2) is 25.9 Å². The lowest BCUT2D eigenvalue weighted by Gasteiger charge is -2.06. The molecule has 0 aromatic carbocycles. The van der Waals surface area contributed by atoms with E-state index >= 15 is 0 Å². The standard InChI is InChI=1S/C10H9BrClN5O/c11-7-5-8(10(12)13-6-7)15-9(18)1-3-17-4-2-14-16-17/h2,4-6H,1,3H2,(H,15,18). The normalized spacial score (nSPS) is 10.3. The summed E-state index contributed by atoms with van der Waals surface area (Å²) in [6, 6.07) is 1.70. The maximum atomic E-state index is 11.7. The monoisotopic (exact) mass is 329 g/mol. The maximum absolute atomic E-state index is 11.7. The molecule has 1 amide bonds. The average molecular weight is 331 g/mol. The summed E-state index contributed by atoms with van der Waals surface area (Å²) in [7, 11) is 0. The predicted molar refractivity (Wildman–Crippen MR) is 70.2 cm³/mol. The van der Waals surface area contributed by atoms with Crippen LogP contribution >= 0.6 is 27.5 Å². The molecule has 0 aliphatic rings. The minimum Gasteiger partial charge on any atom is -0.323 e. The molecule has 0 bridgehead atoms. The second kappa shape index (κ2) is 5.92. The van der Waals surface area contributed by atoms with E-state index < -0.39 is 0 Å². The van der Waals surface area contributed by atoms with Crippen LogP contribution in [0.4, 0.5) is 5.69 Å². The first kappa shape index (κ1) is 13.0. The zero-order valence-electron chi connectivity index (χ0n) is 9.18. The highest BCUT2D eigenvalue weighted by atomic mass is 79.9. The van der Waals surface area contributed by atoms with Crippen molar-refractivity contribution in [3.05, 3.63) is 34.3 Å². The van der Waals surface area contributed by atoms with Crippen molar-refractivity contribution in [1.29, 1.82) is 0 Å². The summed E-state index contributed by atoms with van der Waals surface area (Å²) in [5.41, 5.74) is 0.481. The molecular weight excluding hydrogens is 322 g/mol. The van der Waals surface area contributed by atoms with E-state index in [2.05, 4.69) is 36.5 Å². The first-order valence-electron chi connectivity index (χ1n) is 5.10. The van der Waals surface area contributed by atoms with Gasteiger partial charge in [0.05, 0.1) is 18.4 Å². The summed E-state index contributed by atoms with van der Waals surface area (Å²) in [5, 5.41) is 10.4. The van der Waals surface area contributed by atoms with Gasteiger partial charge in [-0.05, 0) is 22.0 Å². The van der Waals surface area contributed by atoms with Gasteiger partial charge in [0, 0.05) is 23.3 Å². The number of nitrogens with zero attached hydrogens (tertiary/aromatic N) is 4. The van der Waals surface area contributed by atoms with Gasteiger partial charge in [-0.1, -0.05) is 16.8 Å². The number of aromatic nitrogens is 4. The molecule has 0 saturated carbocycles. The highest BCUT2D eigenvalue weighted by Gasteiger charge is 2.07. The van der Waals surface area contributed by atoms with Gasteiger partial charge < -0.3 is 5.32 Å². The highest BCUT2D eigenvalue weighted by molar-refractivity contribution is 9.10. The van der Waals surface area contributed by atoms with Gasteiger partial charge in [-0.25, -0.2) is 4.98 Å². The molecule has 0 aliphatic carbocycles. The summed E-state index contributed by atoms with van der Waals surface area (Å²) in [5.74, 6) is -0.160. The summed E-state index contributed by atoms with van der Waals surface area (Å²) >= 11 is 9.13. The molecule has 0 saturated heterocycles. The fourth-order valence-electron chi connectivity index (χ4n) is 1.29. The van der Waals surface area contributed by atoms with Gasteiger partial charge >= 0.3 is 0 Å². The fraction of sp³-hybridized carbons (Fsp3) is 0.200. The van der Waals surface area contributed by atoms with Crippen LogP contribution in [0.1, 0.15) is 6.42 Å². The number of halogens is 2. The van der Waals surface area contributed by atoms with Crippen molar-refractivity contribution in [3.63, 3.8) is 0 Å². The molecule has 2 rings (SSSR count). The quantitative estimate of drug-likeness (QED) is 0.872. The van der Waals surface area contributed by atoms with Gasteiger partial charge in [0.25, 0.3) is 0 Å². The molecule has 2 aromatic heterocycles. The Morgan fingerprint density at radius 2 is 2.39 bits per heavy atom. The van der Waals surface area contributed by atoms with E-state index in [1.54, 1.807) is 29.3 Å². The molecule has 8 heteroatoms. The Labute approximate surface area is 116 Å². The number of carbonyl (C=O) groups excluding carboxylic acids is 1. The molecule has 0 aliphatic heterocycles. The molecule has 1 N–H and O–H groups in total. The van der Waals surface area contributed by atoms with Crippen molar-refractivity contribution in [2.24, 2.45) is 0 Å². The summed E-state index contributed by atoms with van der Waals surface area (Å²) in [6.45, 7) is 0.463. The zero-order valence-corrected chi connectivity index (χ0v) is 11.5.